The van der Waals surface area contributed by atoms with Crippen LogP contribution in [0.1, 0.15) is 18.6 Å². The fraction of sp³-hybridized carbons (Fsp3) is 0.400. The molecule has 1 aromatic rings. The molecule has 1 aromatic carbocycles. The number of ether oxygens (including phenoxy) is 1. The van der Waals surface area contributed by atoms with Gasteiger partial charge in [-0.25, -0.2) is 0 Å². The molecular formula is C10H15NO3. The zero-order chi connectivity index (χ0) is 10.6. The highest BCUT2D eigenvalue weighted by Gasteiger charge is 2.16. The van der Waals surface area contributed by atoms with E-state index in [1.54, 1.807) is 12.1 Å². The molecule has 0 heterocycles. The monoisotopic (exact) mass is 197 g/mol. The van der Waals surface area contributed by atoms with Gasteiger partial charge in [0.1, 0.15) is 11.5 Å². The second kappa shape index (κ2) is 4.83. The van der Waals surface area contributed by atoms with Gasteiger partial charge < -0.3 is 20.7 Å². The van der Waals surface area contributed by atoms with E-state index in [0.29, 0.717) is 17.9 Å². The Hall–Kier alpha value is -1.26. The number of hydrogen-bond acceptors (Lipinski definition) is 4. The van der Waals surface area contributed by atoms with Crippen molar-refractivity contribution < 1.29 is 14.9 Å². The fourth-order valence-electron chi connectivity index (χ4n) is 1.27. The number of aromatic hydroxyl groups is 1. The van der Waals surface area contributed by atoms with Crippen molar-refractivity contribution in [2.45, 2.75) is 13.0 Å². The first kappa shape index (κ1) is 10.8. The molecule has 0 aliphatic carbocycles. The molecule has 0 spiro atoms. The molecule has 0 radical (unpaired) electrons. The Bertz CT molecular complexity index is 301. The summed E-state index contributed by atoms with van der Waals surface area (Å²) in [5.74, 6) is 0.486. The average Bonchev–Trinajstić information content (AvgIpc) is 2.18. The van der Waals surface area contributed by atoms with Crippen molar-refractivity contribution in [1.29, 1.82) is 0 Å². The third-order valence-electron chi connectivity index (χ3n) is 1.90. The number of hydrogen-bond donors (Lipinski definition) is 3. The SMILES string of the molecule is CCOc1cccc(O)c1[C@@H](O)CN. The van der Waals surface area contributed by atoms with Crippen molar-refractivity contribution in [3.05, 3.63) is 23.8 Å². The summed E-state index contributed by atoms with van der Waals surface area (Å²) < 4.78 is 5.27. The molecule has 0 aliphatic heterocycles. The average molecular weight is 197 g/mol. The Labute approximate surface area is 82.9 Å². The maximum Gasteiger partial charge on any atom is 0.128 e. The third kappa shape index (κ3) is 2.16. The van der Waals surface area contributed by atoms with E-state index in [1.807, 2.05) is 6.92 Å². The van der Waals surface area contributed by atoms with Gasteiger partial charge in [0, 0.05) is 6.54 Å². The number of phenolic OH excluding ortho intramolecular Hbond substituents is 1. The molecule has 0 aromatic heterocycles. The lowest BCUT2D eigenvalue weighted by Gasteiger charge is -2.15. The van der Waals surface area contributed by atoms with Crippen LogP contribution in [0.4, 0.5) is 0 Å². The van der Waals surface area contributed by atoms with Gasteiger partial charge in [-0.3, -0.25) is 0 Å². The zero-order valence-corrected chi connectivity index (χ0v) is 8.10. The van der Waals surface area contributed by atoms with Crippen LogP contribution >= 0.6 is 0 Å². The molecule has 14 heavy (non-hydrogen) atoms. The first-order chi connectivity index (χ1) is 6.70. The summed E-state index contributed by atoms with van der Waals surface area (Å²) >= 11 is 0. The Morgan fingerprint density at radius 1 is 1.50 bits per heavy atom. The van der Waals surface area contributed by atoms with Crippen molar-refractivity contribution >= 4 is 0 Å². The second-order valence-electron chi connectivity index (χ2n) is 2.87. The Balaban J connectivity index is 3.08. The van der Waals surface area contributed by atoms with Crippen LogP contribution in [0.15, 0.2) is 18.2 Å². The summed E-state index contributed by atoms with van der Waals surface area (Å²) in [6.07, 6.45) is -0.891. The largest absolute Gasteiger partial charge is 0.507 e. The van der Waals surface area contributed by atoms with Crippen LogP contribution < -0.4 is 10.5 Å². The lowest BCUT2D eigenvalue weighted by atomic mass is 10.1. The topological polar surface area (TPSA) is 75.7 Å². The van der Waals surface area contributed by atoms with Gasteiger partial charge in [0.25, 0.3) is 0 Å². The second-order valence-corrected chi connectivity index (χ2v) is 2.87. The first-order valence-electron chi connectivity index (χ1n) is 4.53. The van der Waals surface area contributed by atoms with E-state index >= 15 is 0 Å². The molecule has 4 heteroatoms. The number of phenols is 1. The van der Waals surface area contributed by atoms with Crippen molar-refractivity contribution in [2.75, 3.05) is 13.2 Å². The molecule has 0 bridgehead atoms. The normalized spacial score (nSPS) is 12.5. The third-order valence-corrected chi connectivity index (χ3v) is 1.90. The van der Waals surface area contributed by atoms with E-state index in [-0.39, 0.29) is 12.3 Å². The summed E-state index contributed by atoms with van der Waals surface area (Å²) in [6, 6.07) is 4.85. The molecule has 1 atom stereocenters. The van der Waals surface area contributed by atoms with Crippen LogP contribution in [0.3, 0.4) is 0 Å². The van der Waals surface area contributed by atoms with Gasteiger partial charge in [-0.1, -0.05) is 6.07 Å². The van der Waals surface area contributed by atoms with Crippen LogP contribution in [0.5, 0.6) is 11.5 Å². The highest BCUT2D eigenvalue weighted by Crippen LogP contribution is 2.32. The van der Waals surface area contributed by atoms with Gasteiger partial charge in [-0.15, -0.1) is 0 Å². The van der Waals surface area contributed by atoms with E-state index in [2.05, 4.69) is 0 Å². The maximum atomic E-state index is 9.55. The lowest BCUT2D eigenvalue weighted by molar-refractivity contribution is 0.176. The smallest absolute Gasteiger partial charge is 0.128 e. The molecule has 0 fully saturated rings. The number of aliphatic hydroxyl groups excluding tert-OH is 1. The van der Waals surface area contributed by atoms with Gasteiger partial charge in [-0.2, -0.15) is 0 Å². The highest BCUT2D eigenvalue weighted by atomic mass is 16.5. The summed E-state index contributed by atoms with van der Waals surface area (Å²) in [5, 5.41) is 19.1. The molecule has 0 saturated heterocycles. The van der Waals surface area contributed by atoms with Crippen LogP contribution in [-0.2, 0) is 0 Å². The number of rotatable bonds is 4. The summed E-state index contributed by atoms with van der Waals surface area (Å²) in [7, 11) is 0. The van der Waals surface area contributed by atoms with Crippen LogP contribution in [0.2, 0.25) is 0 Å². The van der Waals surface area contributed by atoms with Crippen molar-refractivity contribution in [3.8, 4) is 11.5 Å². The van der Waals surface area contributed by atoms with Gasteiger partial charge in [-0.05, 0) is 19.1 Å². The van der Waals surface area contributed by atoms with E-state index in [9.17, 15) is 10.2 Å². The lowest BCUT2D eigenvalue weighted by Crippen LogP contribution is -2.13. The minimum atomic E-state index is -0.891. The predicted octanol–water partition coefficient (Wildman–Crippen LogP) is 0.783. The van der Waals surface area contributed by atoms with Crippen molar-refractivity contribution in [1.82, 2.24) is 0 Å². The predicted molar refractivity (Wildman–Crippen MR) is 53.3 cm³/mol. The Morgan fingerprint density at radius 2 is 2.21 bits per heavy atom. The van der Waals surface area contributed by atoms with Gasteiger partial charge in [0.15, 0.2) is 0 Å². The summed E-state index contributed by atoms with van der Waals surface area (Å²) in [4.78, 5) is 0. The molecule has 4 N–H and O–H groups in total. The van der Waals surface area contributed by atoms with Gasteiger partial charge >= 0.3 is 0 Å². The number of nitrogens with two attached hydrogens (primary N) is 1. The van der Waals surface area contributed by atoms with E-state index < -0.39 is 6.10 Å². The van der Waals surface area contributed by atoms with E-state index in [4.69, 9.17) is 10.5 Å². The minimum Gasteiger partial charge on any atom is -0.507 e. The van der Waals surface area contributed by atoms with Crippen LogP contribution in [0, 0.1) is 0 Å². The molecule has 0 amide bonds. The fourth-order valence-corrected chi connectivity index (χ4v) is 1.27. The summed E-state index contributed by atoms with van der Waals surface area (Å²) in [6.45, 7) is 2.37. The van der Waals surface area contributed by atoms with Crippen molar-refractivity contribution in [2.24, 2.45) is 5.73 Å². The van der Waals surface area contributed by atoms with Gasteiger partial charge in [0.05, 0.1) is 18.3 Å². The summed E-state index contributed by atoms with van der Waals surface area (Å²) in [5.41, 5.74) is 5.68. The van der Waals surface area contributed by atoms with Gasteiger partial charge in [0.2, 0.25) is 0 Å². The quantitative estimate of drug-likeness (QED) is 0.666. The van der Waals surface area contributed by atoms with Crippen LogP contribution in [-0.4, -0.2) is 23.4 Å². The van der Waals surface area contributed by atoms with Crippen LogP contribution in [0.25, 0.3) is 0 Å². The Kier molecular flexibility index (Phi) is 3.73. The zero-order valence-electron chi connectivity index (χ0n) is 8.10. The molecule has 0 unspecified atom stereocenters. The number of aliphatic hydroxyl groups is 1. The molecule has 1 rings (SSSR count). The van der Waals surface area contributed by atoms with E-state index in [1.165, 1.54) is 6.07 Å². The maximum absolute atomic E-state index is 9.55. The highest BCUT2D eigenvalue weighted by molar-refractivity contribution is 5.45. The Morgan fingerprint density at radius 3 is 2.79 bits per heavy atom. The minimum absolute atomic E-state index is 0.00824. The van der Waals surface area contributed by atoms with Crippen molar-refractivity contribution in [3.63, 3.8) is 0 Å². The number of benzene rings is 1. The first-order valence-corrected chi connectivity index (χ1v) is 4.53. The molecule has 0 saturated carbocycles. The molecule has 0 aliphatic rings. The molecule has 78 valence electrons. The van der Waals surface area contributed by atoms with E-state index in [0.717, 1.165) is 0 Å². The molecule has 4 nitrogen and oxygen atoms in total. The molecular weight excluding hydrogens is 182 g/mol. The standard InChI is InChI=1S/C10H15NO3/c1-2-14-9-5-3-4-7(12)10(9)8(13)6-11/h3-5,8,12-13H,2,6,11H2,1H3/t8-/m0/s1.